The molecule has 2 rings (SSSR count). The molecule has 0 spiro atoms. The second-order valence-corrected chi connectivity index (χ2v) is 3.53. The van der Waals surface area contributed by atoms with E-state index in [4.69, 9.17) is 9.84 Å². The van der Waals surface area contributed by atoms with E-state index in [1.165, 1.54) is 0 Å². The lowest BCUT2D eigenvalue weighted by Crippen LogP contribution is -1.99. The molecular formula is C12H14N2O2. The molecule has 0 unspecified atom stereocenters. The largest absolute Gasteiger partial charge is 0.494 e. The number of aromatic nitrogens is 2. The molecule has 0 bridgehead atoms. The fourth-order valence-corrected chi connectivity index (χ4v) is 1.59. The van der Waals surface area contributed by atoms with Gasteiger partial charge in [0.1, 0.15) is 11.4 Å². The van der Waals surface area contributed by atoms with Crippen LogP contribution in [0.15, 0.2) is 30.5 Å². The fraction of sp³-hybridized carbons (Fsp3) is 0.250. The smallest absolute Gasteiger partial charge is 0.144 e. The number of aliphatic hydroxyl groups excluding tert-OH is 1. The van der Waals surface area contributed by atoms with Crippen LogP contribution in [-0.4, -0.2) is 22.0 Å². The van der Waals surface area contributed by atoms with Gasteiger partial charge in [-0.3, -0.25) is 0 Å². The lowest BCUT2D eigenvalue weighted by molar-refractivity contribution is 0.275. The van der Waals surface area contributed by atoms with E-state index >= 15 is 0 Å². The Morgan fingerprint density at radius 2 is 2.12 bits per heavy atom. The summed E-state index contributed by atoms with van der Waals surface area (Å²) in [4.78, 5) is 0. The Labute approximate surface area is 94.1 Å². The van der Waals surface area contributed by atoms with Crippen LogP contribution in [0, 0.1) is 6.92 Å². The topological polar surface area (TPSA) is 47.3 Å². The zero-order chi connectivity index (χ0) is 11.5. The Balaban J connectivity index is 2.49. The molecule has 4 nitrogen and oxygen atoms in total. The number of para-hydroxylation sites is 2. The molecule has 84 valence electrons. The van der Waals surface area contributed by atoms with E-state index in [1.54, 1.807) is 11.8 Å². The second-order valence-electron chi connectivity index (χ2n) is 3.53. The van der Waals surface area contributed by atoms with Gasteiger partial charge in [0.25, 0.3) is 0 Å². The number of methoxy groups -OCH3 is 1. The van der Waals surface area contributed by atoms with Gasteiger partial charge in [-0.15, -0.1) is 0 Å². The molecule has 1 N–H and O–H groups in total. The Morgan fingerprint density at radius 1 is 1.38 bits per heavy atom. The van der Waals surface area contributed by atoms with E-state index in [1.807, 2.05) is 37.4 Å². The van der Waals surface area contributed by atoms with E-state index in [0.717, 1.165) is 17.0 Å². The molecule has 1 aromatic heterocycles. The third-order valence-corrected chi connectivity index (χ3v) is 2.48. The average molecular weight is 218 g/mol. The zero-order valence-corrected chi connectivity index (χ0v) is 9.34. The summed E-state index contributed by atoms with van der Waals surface area (Å²) in [6.07, 6.45) is 1.88. The first kappa shape index (κ1) is 10.7. The maximum Gasteiger partial charge on any atom is 0.144 e. The first-order chi connectivity index (χ1) is 7.76. The average Bonchev–Trinajstić information content (AvgIpc) is 2.70. The van der Waals surface area contributed by atoms with Gasteiger partial charge in [0.2, 0.25) is 0 Å². The molecular weight excluding hydrogens is 204 g/mol. The maximum atomic E-state index is 9.10. The van der Waals surface area contributed by atoms with Crippen LogP contribution < -0.4 is 4.74 Å². The van der Waals surface area contributed by atoms with Crippen molar-refractivity contribution in [1.82, 2.24) is 9.78 Å². The summed E-state index contributed by atoms with van der Waals surface area (Å²) in [5.41, 5.74) is 2.52. The highest BCUT2D eigenvalue weighted by molar-refractivity contribution is 5.46. The summed E-state index contributed by atoms with van der Waals surface area (Å²) >= 11 is 0. The number of hydrogen-bond acceptors (Lipinski definition) is 3. The molecule has 0 saturated carbocycles. The van der Waals surface area contributed by atoms with E-state index < -0.39 is 0 Å². The molecule has 0 radical (unpaired) electrons. The standard InChI is InChI=1S/C12H14N2O2/c1-9-7-14(13-10(9)8-15)11-5-3-4-6-12(11)16-2/h3-7,15H,8H2,1-2H3. The fourth-order valence-electron chi connectivity index (χ4n) is 1.59. The first-order valence-corrected chi connectivity index (χ1v) is 5.05. The van der Waals surface area contributed by atoms with Crippen molar-refractivity contribution in [3.63, 3.8) is 0 Å². The molecule has 1 aromatic carbocycles. The van der Waals surface area contributed by atoms with Crippen LogP contribution in [0.5, 0.6) is 5.75 Å². The van der Waals surface area contributed by atoms with Gasteiger partial charge < -0.3 is 9.84 Å². The number of aliphatic hydroxyl groups is 1. The Hall–Kier alpha value is -1.81. The van der Waals surface area contributed by atoms with Crippen LogP contribution in [0.2, 0.25) is 0 Å². The van der Waals surface area contributed by atoms with Crippen LogP contribution in [-0.2, 0) is 6.61 Å². The molecule has 16 heavy (non-hydrogen) atoms. The van der Waals surface area contributed by atoms with Crippen LogP contribution in [0.3, 0.4) is 0 Å². The van der Waals surface area contributed by atoms with E-state index in [-0.39, 0.29) is 6.61 Å². The molecule has 0 atom stereocenters. The van der Waals surface area contributed by atoms with Crippen molar-refractivity contribution >= 4 is 0 Å². The van der Waals surface area contributed by atoms with Crippen molar-refractivity contribution < 1.29 is 9.84 Å². The van der Waals surface area contributed by atoms with Gasteiger partial charge >= 0.3 is 0 Å². The Morgan fingerprint density at radius 3 is 2.75 bits per heavy atom. The van der Waals surface area contributed by atoms with Crippen LogP contribution in [0.4, 0.5) is 0 Å². The maximum absolute atomic E-state index is 9.10. The molecule has 4 heteroatoms. The van der Waals surface area contributed by atoms with Crippen LogP contribution >= 0.6 is 0 Å². The van der Waals surface area contributed by atoms with Crippen molar-refractivity contribution in [2.45, 2.75) is 13.5 Å². The van der Waals surface area contributed by atoms with Gasteiger partial charge in [-0.25, -0.2) is 4.68 Å². The number of benzene rings is 1. The minimum absolute atomic E-state index is 0.0476. The highest BCUT2D eigenvalue weighted by Crippen LogP contribution is 2.22. The van der Waals surface area contributed by atoms with Gasteiger partial charge in [-0.05, 0) is 24.6 Å². The summed E-state index contributed by atoms with van der Waals surface area (Å²) in [7, 11) is 1.63. The monoisotopic (exact) mass is 218 g/mol. The van der Waals surface area contributed by atoms with Gasteiger partial charge in [-0.2, -0.15) is 5.10 Å². The summed E-state index contributed by atoms with van der Waals surface area (Å²) in [6.45, 7) is 1.87. The number of aryl methyl sites for hydroxylation is 1. The minimum atomic E-state index is -0.0476. The van der Waals surface area contributed by atoms with Gasteiger partial charge in [0.05, 0.1) is 19.4 Å². The van der Waals surface area contributed by atoms with E-state index in [0.29, 0.717) is 5.69 Å². The van der Waals surface area contributed by atoms with Crippen molar-refractivity contribution in [3.05, 3.63) is 41.7 Å². The normalized spacial score (nSPS) is 10.4. The lowest BCUT2D eigenvalue weighted by atomic mass is 10.3. The Bertz CT molecular complexity index is 492. The highest BCUT2D eigenvalue weighted by Gasteiger charge is 2.08. The molecule has 0 saturated heterocycles. The Kier molecular flexibility index (Phi) is 2.92. The molecule has 0 fully saturated rings. The predicted octanol–water partition coefficient (Wildman–Crippen LogP) is 1.68. The number of rotatable bonds is 3. The second kappa shape index (κ2) is 4.37. The lowest BCUT2D eigenvalue weighted by Gasteiger charge is -2.07. The number of ether oxygens (including phenoxy) is 1. The zero-order valence-electron chi connectivity index (χ0n) is 9.34. The molecule has 0 aliphatic heterocycles. The third kappa shape index (κ3) is 1.79. The highest BCUT2D eigenvalue weighted by atomic mass is 16.5. The molecule has 2 aromatic rings. The number of nitrogens with zero attached hydrogens (tertiary/aromatic N) is 2. The summed E-state index contributed by atoms with van der Waals surface area (Å²) in [5.74, 6) is 0.759. The van der Waals surface area contributed by atoms with Crippen molar-refractivity contribution in [1.29, 1.82) is 0 Å². The van der Waals surface area contributed by atoms with Gasteiger partial charge in [0.15, 0.2) is 0 Å². The van der Waals surface area contributed by atoms with Gasteiger partial charge in [0, 0.05) is 6.20 Å². The number of hydrogen-bond donors (Lipinski definition) is 1. The molecule has 0 amide bonds. The van der Waals surface area contributed by atoms with Crippen molar-refractivity contribution in [2.75, 3.05) is 7.11 Å². The predicted molar refractivity (Wildman–Crippen MR) is 60.8 cm³/mol. The first-order valence-electron chi connectivity index (χ1n) is 5.05. The van der Waals surface area contributed by atoms with Crippen molar-refractivity contribution in [3.8, 4) is 11.4 Å². The van der Waals surface area contributed by atoms with E-state index in [2.05, 4.69) is 5.10 Å². The quantitative estimate of drug-likeness (QED) is 0.852. The van der Waals surface area contributed by atoms with Crippen molar-refractivity contribution in [2.24, 2.45) is 0 Å². The third-order valence-electron chi connectivity index (χ3n) is 2.48. The summed E-state index contributed by atoms with van der Waals surface area (Å²) in [6, 6.07) is 7.64. The SMILES string of the molecule is COc1ccccc1-n1cc(C)c(CO)n1. The molecule has 0 aliphatic carbocycles. The van der Waals surface area contributed by atoms with Gasteiger partial charge in [-0.1, -0.05) is 12.1 Å². The van der Waals surface area contributed by atoms with Crippen LogP contribution in [0.25, 0.3) is 5.69 Å². The summed E-state index contributed by atoms with van der Waals surface area (Å²) < 4.78 is 6.98. The molecule has 0 aliphatic rings. The summed E-state index contributed by atoms with van der Waals surface area (Å²) in [5, 5.41) is 13.4. The molecule has 1 heterocycles. The van der Waals surface area contributed by atoms with Crippen LogP contribution in [0.1, 0.15) is 11.3 Å². The van der Waals surface area contributed by atoms with E-state index in [9.17, 15) is 0 Å². The minimum Gasteiger partial charge on any atom is -0.494 e.